The third-order valence-corrected chi connectivity index (χ3v) is 2.33. The number of carbonyl (C=O) groups excluding carboxylic acids is 1. The van der Waals surface area contributed by atoms with Gasteiger partial charge >= 0.3 is 0 Å². The fourth-order valence-electron chi connectivity index (χ4n) is 1.25. The van der Waals surface area contributed by atoms with E-state index in [-0.39, 0.29) is 5.91 Å². The molecule has 0 bridgehead atoms. The van der Waals surface area contributed by atoms with Crippen molar-refractivity contribution < 1.29 is 9.90 Å². The standard InChI is InChI=1S/C8H15NO2/c1-6(10)8(11)9(2)7-4-3-5-7/h6-7,10H,3-5H2,1-2H3. The second-order valence-electron chi connectivity index (χ2n) is 3.21. The first-order chi connectivity index (χ1) is 5.13. The second kappa shape index (κ2) is 3.22. The number of nitrogens with zero attached hydrogens (tertiary/aromatic N) is 1. The van der Waals surface area contributed by atoms with E-state index in [1.807, 2.05) is 0 Å². The van der Waals surface area contributed by atoms with E-state index in [1.165, 1.54) is 13.3 Å². The number of amides is 1. The van der Waals surface area contributed by atoms with E-state index in [0.29, 0.717) is 6.04 Å². The van der Waals surface area contributed by atoms with Gasteiger partial charge in [-0.15, -0.1) is 0 Å². The van der Waals surface area contributed by atoms with Gasteiger partial charge in [0.25, 0.3) is 5.91 Å². The molecule has 0 aromatic rings. The Kier molecular flexibility index (Phi) is 2.49. The second-order valence-corrected chi connectivity index (χ2v) is 3.21. The third-order valence-electron chi connectivity index (χ3n) is 2.33. The lowest BCUT2D eigenvalue weighted by Crippen LogP contribution is -2.45. The summed E-state index contributed by atoms with van der Waals surface area (Å²) in [6.45, 7) is 1.51. The van der Waals surface area contributed by atoms with Gasteiger partial charge in [-0.1, -0.05) is 0 Å². The lowest BCUT2D eigenvalue weighted by molar-refractivity contribution is -0.141. The Morgan fingerprint density at radius 3 is 2.45 bits per heavy atom. The number of hydrogen-bond acceptors (Lipinski definition) is 2. The fourth-order valence-corrected chi connectivity index (χ4v) is 1.25. The van der Waals surface area contributed by atoms with Crippen LogP contribution in [-0.2, 0) is 4.79 Å². The minimum absolute atomic E-state index is 0.158. The lowest BCUT2D eigenvalue weighted by Gasteiger charge is -2.35. The Morgan fingerprint density at radius 1 is 1.64 bits per heavy atom. The Balaban J connectivity index is 2.39. The zero-order valence-electron chi connectivity index (χ0n) is 7.08. The summed E-state index contributed by atoms with van der Waals surface area (Å²) in [7, 11) is 1.76. The average molecular weight is 157 g/mol. The highest BCUT2D eigenvalue weighted by Crippen LogP contribution is 2.23. The van der Waals surface area contributed by atoms with Crippen LogP contribution in [0.2, 0.25) is 0 Å². The van der Waals surface area contributed by atoms with Crippen LogP contribution in [0.1, 0.15) is 26.2 Å². The molecule has 1 rings (SSSR count). The minimum Gasteiger partial charge on any atom is -0.384 e. The van der Waals surface area contributed by atoms with Crippen molar-refractivity contribution in [2.75, 3.05) is 7.05 Å². The van der Waals surface area contributed by atoms with Gasteiger partial charge in [-0.25, -0.2) is 0 Å². The number of carbonyl (C=O) groups is 1. The van der Waals surface area contributed by atoms with Gasteiger partial charge in [-0.3, -0.25) is 4.79 Å². The minimum atomic E-state index is -0.847. The van der Waals surface area contributed by atoms with Crippen LogP contribution in [0.15, 0.2) is 0 Å². The summed E-state index contributed by atoms with van der Waals surface area (Å²) >= 11 is 0. The summed E-state index contributed by atoms with van der Waals surface area (Å²) < 4.78 is 0. The molecule has 0 saturated heterocycles. The predicted octanol–water partition coefficient (Wildman–Crippen LogP) is 0.378. The Labute approximate surface area is 67.0 Å². The summed E-state index contributed by atoms with van der Waals surface area (Å²) in [4.78, 5) is 12.8. The van der Waals surface area contributed by atoms with Crippen LogP contribution in [0, 0.1) is 0 Å². The Hall–Kier alpha value is -0.570. The van der Waals surface area contributed by atoms with Crippen molar-refractivity contribution in [1.82, 2.24) is 4.90 Å². The normalized spacial score (nSPS) is 20.6. The first-order valence-corrected chi connectivity index (χ1v) is 4.07. The molecule has 0 radical (unpaired) electrons. The van der Waals surface area contributed by atoms with Gasteiger partial charge in [0, 0.05) is 13.1 Å². The highest BCUT2D eigenvalue weighted by Gasteiger charge is 2.27. The SMILES string of the molecule is CC(O)C(=O)N(C)C1CCC1. The number of likely N-dealkylation sites (N-methyl/N-ethyl adjacent to an activating group) is 1. The van der Waals surface area contributed by atoms with E-state index in [9.17, 15) is 4.79 Å². The summed E-state index contributed by atoms with van der Waals surface area (Å²) in [6, 6.07) is 0.386. The molecule has 1 unspecified atom stereocenters. The van der Waals surface area contributed by atoms with Gasteiger partial charge < -0.3 is 10.0 Å². The summed E-state index contributed by atoms with van der Waals surface area (Å²) in [5, 5.41) is 8.97. The van der Waals surface area contributed by atoms with Crippen LogP contribution in [0.25, 0.3) is 0 Å². The molecular formula is C8H15NO2. The highest BCUT2D eigenvalue weighted by atomic mass is 16.3. The van der Waals surface area contributed by atoms with Crippen molar-refractivity contribution in [3.63, 3.8) is 0 Å². The maximum absolute atomic E-state index is 11.2. The molecule has 1 saturated carbocycles. The molecule has 3 nitrogen and oxygen atoms in total. The average Bonchev–Trinajstić information content (AvgIpc) is 1.82. The molecule has 64 valence electrons. The summed E-state index contributed by atoms with van der Waals surface area (Å²) in [5.74, 6) is -0.158. The number of rotatable bonds is 2. The van der Waals surface area contributed by atoms with Crippen LogP contribution in [0.5, 0.6) is 0 Å². The van der Waals surface area contributed by atoms with E-state index in [4.69, 9.17) is 5.11 Å². The number of hydrogen-bond donors (Lipinski definition) is 1. The van der Waals surface area contributed by atoms with Crippen molar-refractivity contribution in [3.05, 3.63) is 0 Å². The molecule has 0 aromatic heterocycles. The quantitative estimate of drug-likeness (QED) is 0.629. The van der Waals surface area contributed by atoms with Gasteiger partial charge in [-0.05, 0) is 26.2 Å². The van der Waals surface area contributed by atoms with Crippen molar-refractivity contribution in [2.24, 2.45) is 0 Å². The topological polar surface area (TPSA) is 40.5 Å². The first-order valence-electron chi connectivity index (χ1n) is 4.07. The fraction of sp³-hybridized carbons (Fsp3) is 0.875. The summed E-state index contributed by atoms with van der Waals surface area (Å²) in [6.07, 6.45) is 2.55. The molecule has 1 fully saturated rings. The smallest absolute Gasteiger partial charge is 0.251 e. The first kappa shape index (κ1) is 8.53. The van der Waals surface area contributed by atoms with E-state index in [2.05, 4.69) is 0 Å². The maximum Gasteiger partial charge on any atom is 0.251 e. The van der Waals surface area contributed by atoms with Crippen LogP contribution in [-0.4, -0.2) is 35.1 Å². The molecule has 1 aliphatic carbocycles. The maximum atomic E-state index is 11.2. The molecule has 11 heavy (non-hydrogen) atoms. The third kappa shape index (κ3) is 1.71. The highest BCUT2D eigenvalue weighted by molar-refractivity contribution is 5.80. The summed E-state index contributed by atoms with van der Waals surface area (Å²) in [5.41, 5.74) is 0. The molecule has 0 aromatic carbocycles. The molecule has 1 amide bonds. The van der Waals surface area contributed by atoms with Crippen LogP contribution < -0.4 is 0 Å². The Bertz CT molecular complexity index is 152. The van der Waals surface area contributed by atoms with Gasteiger partial charge in [0.1, 0.15) is 6.10 Å². The van der Waals surface area contributed by atoms with Crippen molar-refractivity contribution in [1.29, 1.82) is 0 Å². The largest absolute Gasteiger partial charge is 0.384 e. The molecule has 3 heteroatoms. The van der Waals surface area contributed by atoms with E-state index in [0.717, 1.165) is 12.8 Å². The van der Waals surface area contributed by atoms with Crippen LogP contribution in [0.3, 0.4) is 0 Å². The van der Waals surface area contributed by atoms with Gasteiger partial charge in [0.15, 0.2) is 0 Å². The molecule has 0 spiro atoms. The van der Waals surface area contributed by atoms with Crippen molar-refractivity contribution >= 4 is 5.91 Å². The van der Waals surface area contributed by atoms with Gasteiger partial charge in [0.05, 0.1) is 0 Å². The van der Waals surface area contributed by atoms with Crippen molar-refractivity contribution in [2.45, 2.75) is 38.3 Å². The molecular weight excluding hydrogens is 142 g/mol. The number of aliphatic hydroxyl groups is 1. The van der Waals surface area contributed by atoms with Crippen LogP contribution in [0.4, 0.5) is 0 Å². The zero-order chi connectivity index (χ0) is 8.43. The molecule has 1 N–H and O–H groups in total. The predicted molar refractivity (Wildman–Crippen MR) is 42.1 cm³/mol. The monoisotopic (exact) mass is 157 g/mol. The molecule has 0 heterocycles. The van der Waals surface area contributed by atoms with Gasteiger partial charge in [0.2, 0.25) is 0 Å². The molecule has 0 aliphatic heterocycles. The molecule has 1 aliphatic rings. The lowest BCUT2D eigenvalue weighted by atomic mass is 9.91. The number of aliphatic hydroxyl groups excluding tert-OH is 1. The van der Waals surface area contributed by atoms with E-state index in [1.54, 1.807) is 11.9 Å². The van der Waals surface area contributed by atoms with E-state index < -0.39 is 6.10 Å². The van der Waals surface area contributed by atoms with Crippen LogP contribution >= 0.6 is 0 Å². The van der Waals surface area contributed by atoms with Gasteiger partial charge in [-0.2, -0.15) is 0 Å². The molecule has 1 atom stereocenters. The zero-order valence-corrected chi connectivity index (χ0v) is 7.08. The van der Waals surface area contributed by atoms with Crippen molar-refractivity contribution in [3.8, 4) is 0 Å². The Morgan fingerprint density at radius 2 is 2.18 bits per heavy atom. The van der Waals surface area contributed by atoms with E-state index >= 15 is 0 Å².